The zero-order chi connectivity index (χ0) is 14.9. The molecular formula is C14H19N3O3. The van der Waals surface area contributed by atoms with Crippen molar-refractivity contribution in [3.05, 3.63) is 39.4 Å². The summed E-state index contributed by atoms with van der Waals surface area (Å²) < 4.78 is 0. The Hall–Kier alpha value is -1.95. The first kappa shape index (κ1) is 14.5. The minimum Gasteiger partial charge on any atom is -0.333 e. The van der Waals surface area contributed by atoms with Crippen LogP contribution in [0.2, 0.25) is 0 Å². The first-order valence-electron chi connectivity index (χ1n) is 6.69. The first-order valence-corrected chi connectivity index (χ1v) is 6.69. The summed E-state index contributed by atoms with van der Waals surface area (Å²) in [6.45, 7) is 7.09. The molecule has 1 amide bonds. The number of aryl methyl sites for hydroxylation is 1. The van der Waals surface area contributed by atoms with E-state index in [1.165, 1.54) is 12.1 Å². The molecule has 0 radical (unpaired) electrons. The fraction of sp³-hybridized carbons (Fsp3) is 0.500. The summed E-state index contributed by atoms with van der Waals surface area (Å²) in [5.41, 5.74) is 1.06. The van der Waals surface area contributed by atoms with Crippen molar-refractivity contribution >= 4 is 11.6 Å². The van der Waals surface area contributed by atoms with Crippen LogP contribution in [-0.2, 0) is 0 Å². The number of carbonyl (C=O) groups is 1. The molecule has 0 aliphatic carbocycles. The van der Waals surface area contributed by atoms with Crippen LogP contribution < -0.4 is 5.32 Å². The second-order valence-electron chi connectivity index (χ2n) is 5.37. The molecular weight excluding hydrogens is 258 g/mol. The van der Waals surface area contributed by atoms with E-state index in [4.69, 9.17) is 0 Å². The van der Waals surface area contributed by atoms with Crippen molar-refractivity contribution in [2.75, 3.05) is 13.1 Å². The van der Waals surface area contributed by atoms with E-state index in [1.54, 1.807) is 13.0 Å². The van der Waals surface area contributed by atoms with Crippen LogP contribution in [0.15, 0.2) is 18.2 Å². The van der Waals surface area contributed by atoms with Gasteiger partial charge in [-0.25, -0.2) is 0 Å². The van der Waals surface area contributed by atoms with Crippen LogP contribution in [0, 0.1) is 17.0 Å². The molecule has 2 unspecified atom stereocenters. The van der Waals surface area contributed by atoms with E-state index in [0.717, 1.165) is 6.54 Å². The number of nitrogens with one attached hydrogen (secondary N) is 1. The summed E-state index contributed by atoms with van der Waals surface area (Å²) in [5, 5.41) is 14.1. The van der Waals surface area contributed by atoms with Gasteiger partial charge in [0.2, 0.25) is 0 Å². The Bertz CT molecular complexity index is 544. The quantitative estimate of drug-likeness (QED) is 0.659. The second-order valence-corrected chi connectivity index (χ2v) is 5.37. The number of nitro benzene ring substituents is 1. The van der Waals surface area contributed by atoms with Crippen molar-refractivity contribution < 1.29 is 9.72 Å². The number of hydrogen-bond donors (Lipinski definition) is 1. The van der Waals surface area contributed by atoms with Crippen LogP contribution in [-0.4, -0.2) is 40.9 Å². The van der Waals surface area contributed by atoms with Gasteiger partial charge in [0.1, 0.15) is 0 Å². The van der Waals surface area contributed by atoms with E-state index in [2.05, 4.69) is 5.32 Å². The molecule has 1 aromatic carbocycles. The van der Waals surface area contributed by atoms with Gasteiger partial charge in [-0.3, -0.25) is 14.9 Å². The van der Waals surface area contributed by atoms with Gasteiger partial charge >= 0.3 is 0 Å². The number of hydrogen-bond acceptors (Lipinski definition) is 4. The highest BCUT2D eigenvalue weighted by molar-refractivity contribution is 5.95. The Balaban J connectivity index is 2.24. The van der Waals surface area contributed by atoms with Crippen molar-refractivity contribution in [3.63, 3.8) is 0 Å². The Morgan fingerprint density at radius 1 is 1.45 bits per heavy atom. The Morgan fingerprint density at radius 2 is 2.15 bits per heavy atom. The van der Waals surface area contributed by atoms with Crippen molar-refractivity contribution in [2.24, 2.45) is 0 Å². The number of amides is 1. The normalized spacial score (nSPS) is 22.6. The predicted molar refractivity (Wildman–Crippen MR) is 75.8 cm³/mol. The average Bonchev–Trinajstić information content (AvgIpc) is 2.40. The van der Waals surface area contributed by atoms with Gasteiger partial charge in [0, 0.05) is 42.4 Å². The highest BCUT2D eigenvalue weighted by atomic mass is 16.6. The topological polar surface area (TPSA) is 75.5 Å². The van der Waals surface area contributed by atoms with Gasteiger partial charge in [-0.2, -0.15) is 0 Å². The van der Waals surface area contributed by atoms with Gasteiger partial charge in [0.15, 0.2) is 0 Å². The zero-order valence-corrected chi connectivity index (χ0v) is 11.9. The van der Waals surface area contributed by atoms with Gasteiger partial charge in [-0.15, -0.1) is 0 Å². The summed E-state index contributed by atoms with van der Waals surface area (Å²) in [5.74, 6) is -0.0659. The molecule has 1 saturated heterocycles. The molecule has 1 aliphatic heterocycles. The SMILES string of the molecule is Cc1cc(C(=O)N2CC(C)NCC2C)ccc1[N+](=O)[O-]. The molecule has 108 valence electrons. The highest BCUT2D eigenvalue weighted by Crippen LogP contribution is 2.21. The largest absolute Gasteiger partial charge is 0.333 e. The summed E-state index contributed by atoms with van der Waals surface area (Å²) >= 11 is 0. The van der Waals surface area contributed by atoms with Crippen LogP contribution in [0.3, 0.4) is 0 Å². The van der Waals surface area contributed by atoms with Gasteiger partial charge in [-0.1, -0.05) is 0 Å². The fourth-order valence-corrected chi connectivity index (χ4v) is 2.46. The van der Waals surface area contributed by atoms with E-state index in [1.807, 2.05) is 18.7 Å². The number of nitrogens with zero attached hydrogens (tertiary/aromatic N) is 2. The smallest absolute Gasteiger partial charge is 0.272 e. The van der Waals surface area contributed by atoms with Gasteiger partial charge < -0.3 is 10.2 Å². The lowest BCUT2D eigenvalue weighted by atomic mass is 10.1. The lowest BCUT2D eigenvalue weighted by Gasteiger charge is -2.37. The number of carbonyl (C=O) groups excluding carboxylic acids is 1. The minimum absolute atomic E-state index is 0.0447. The zero-order valence-electron chi connectivity index (χ0n) is 11.9. The van der Waals surface area contributed by atoms with Gasteiger partial charge in [0.05, 0.1) is 4.92 Å². The third kappa shape index (κ3) is 2.80. The Kier molecular flexibility index (Phi) is 4.04. The van der Waals surface area contributed by atoms with E-state index in [0.29, 0.717) is 17.7 Å². The third-order valence-electron chi connectivity index (χ3n) is 3.67. The first-order chi connectivity index (χ1) is 9.40. The van der Waals surface area contributed by atoms with Crippen LogP contribution in [0.25, 0.3) is 0 Å². The van der Waals surface area contributed by atoms with Crippen LogP contribution in [0.4, 0.5) is 5.69 Å². The summed E-state index contributed by atoms with van der Waals surface area (Å²) in [4.78, 5) is 24.7. The van der Waals surface area contributed by atoms with Crippen LogP contribution in [0.5, 0.6) is 0 Å². The molecule has 2 atom stereocenters. The summed E-state index contributed by atoms with van der Waals surface area (Å²) in [6, 6.07) is 4.91. The van der Waals surface area contributed by atoms with Crippen LogP contribution >= 0.6 is 0 Å². The van der Waals surface area contributed by atoms with Crippen molar-refractivity contribution in [2.45, 2.75) is 32.9 Å². The maximum absolute atomic E-state index is 12.5. The van der Waals surface area contributed by atoms with E-state index < -0.39 is 4.92 Å². The number of piperazine rings is 1. The van der Waals surface area contributed by atoms with E-state index >= 15 is 0 Å². The number of benzene rings is 1. The molecule has 1 heterocycles. The van der Waals surface area contributed by atoms with E-state index in [-0.39, 0.29) is 23.7 Å². The number of rotatable bonds is 2. The molecule has 1 fully saturated rings. The molecule has 1 aliphatic rings. The van der Waals surface area contributed by atoms with E-state index in [9.17, 15) is 14.9 Å². The fourth-order valence-electron chi connectivity index (χ4n) is 2.46. The maximum Gasteiger partial charge on any atom is 0.272 e. The second kappa shape index (κ2) is 5.58. The van der Waals surface area contributed by atoms with Crippen molar-refractivity contribution in [1.82, 2.24) is 10.2 Å². The maximum atomic E-state index is 12.5. The van der Waals surface area contributed by atoms with Gasteiger partial charge in [0.25, 0.3) is 11.6 Å². The molecule has 1 aromatic rings. The van der Waals surface area contributed by atoms with Crippen molar-refractivity contribution in [3.8, 4) is 0 Å². The number of nitro groups is 1. The molecule has 6 nitrogen and oxygen atoms in total. The minimum atomic E-state index is -0.431. The standard InChI is InChI=1S/C14H19N3O3/c1-9-6-12(4-5-13(9)17(19)20)14(18)16-8-10(2)15-7-11(16)3/h4-6,10-11,15H,7-8H2,1-3H3. The van der Waals surface area contributed by atoms with Crippen LogP contribution in [0.1, 0.15) is 29.8 Å². The summed E-state index contributed by atoms with van der Waals surface area (Å²) in [6.07, 6.45) is 0. The predicted octanol–water partition coefficient (Wildman–Crippen LogP) is 1.73. The molecule has 0 spiro atoms. The molecule has 1 N–H and O–H groups in total. The lowest BCUT2D eigenvalue weighted by Crippen LogP contribution is -2.56. The Labute approximate surface area is 117 Å². The van der Waals surface area contributed by atoms with Crippen molar-refractivity contribution in [1.29, 1.82) is 0 Å². The molecule has 0 aromatic heterocycles. The molecule has 6 heteroatoms. The third-order valence-corrected chi connectivity index (χ3v) is 3.67. The Morgan fingerprint density at radius 3 is 2.75 bits per heavy atom. The summed E-state index contributed by atoms with van der Waals surface area (Å²) in [7, 11) is 0. The monoisotopic (exact) mass is 277 g/mol. The molecule has 20 heavy (non-hydrogen) atoms. The average molecular weight is 277 g/mol. The molecule has 0 bridgehead atoms. The highest BCUT2D eigenvalue weighted by Gasteiger charge is 2.27. The molecule has 0 saturated carbocycles. The van der Waals surface area contributed by atoms with Gasteiger partial charge in [-0.05, 0) is 32.9 Å². The lowest BCUT2D eigenvalue weighted by molar-refractivity contribution is -0.385. The molecule has 2 rings (SSSR count).